The first-order valence-corrected chi connectivity index (χ1v) is 12.3. The summed E-state index contributed by atoms with van der Waals surface area (Å²) in [7, 11) is 0. The van der Waals surface area contributed by atoms with Gasteiger partial charge in [-0.1, -0.05) is 6.92 Å². The molecule has 148 valence electrons. The molecule has 1 unspecified atom stereocenters. The molecule has 0 radical (unpaired) electrons. The molecule has 0 saturated carbocycles. The second-order valence-electron chi connectivity index (χ2n) is 7.49. The van der Waals surface area contributed by atoms with Gasteiger partial charge in [-0.05, 0) is 51.1 Å². The molecule has 2 heterocycles. The maximum Gasteiger partial charge on any atom is 0.256 e. The largest absolute Gasteiger partial charge is 0.388 e. The maximum absolute atomic E-state index is 12.1. The van der Waals surface area contributed by atoms with Gasteiger partial charge >= 0.3 is 0 Å². The molecule has 4 N–H and O–H groups in total. The van der Waals surface area contributed by atoms with Gasteiger partial charge in [-0.25, -0.2) is 0 Å². The Labute approximate surface area is 159 Å². The average molecular weight is 403 g/mol. The van der Waals surface area contributed by atoms with Gasteiger partial charge in [0, 0.05) is 18.3 Å². The Morgan fingerprint density at radius 2 is 2.12 bits per heavy atom. The Morgan fingerprint density at radius 3 is 2.73 bits per heavy atom. The van der Waals surface area contributed by atoms with E-state index in [1.54, 1.807) is 6.20 Å². The SMILES string of the molecule is C=P(C)(C)CC[C@H]1OC(n2cc(CNCCC)c(=O)[nH]c2=S)[C@H](O)[C@@H]1O. The third-order valence-corrected chi connectivity index (χ3v) is 6.20. The zero-order chi connectivity index (χ0) is 19.5. The Morgan fingerprint density at radius 1 is 1.42 bits per heavy atom. The Balaban J connectivity index is 2.21. The summed E-state index contributed by atoms with van der Waals surface area (Å²) in [6.45, 7) is 6.23. The normalized spacial score (nSPS) is 26.3. The molecule has 1 saturated heterocycles. The van der Waals surface area contributed by atoms with Crippen molar-refractivity contribution in [3.05, 3.63) is 26.9 Å². The number of hydrogen-bond acceptors (Lipinski definition) is 6. The van der Waals surface area contributed by atoms with Crippen molar-refractivity contribution in [3.8, 4) is 0 Å². The smallest absolute Gasteiger partial charge is 0.256 e. The molecule has 1 aromatic rings. The van der Waals surface area contributed by atoms with Gasteiger partial charge in [0.15, 0.2) is 11.0 Å². The van der Waals surface area contributed by atoms with Crippen molar-refractivity contribution in [1.29, 1.82) is 0 Å². The first-order valence-electron chi connectivity index (χ1n) is 8.88. The number of hydrogen-bond donors (Lipinski definition) is 4. The van der Waals surface area contributed by atoms with Crippen LogP contribution in [0, 0.1) is 4.77 Å². The summed E-state index contributed by atoms with van der Waals surface area (Å²) in [4.78, 5) is 14.7. The van der Waals surface area contributed by atoms with Gasteiger partial charge in [0.1, 0.15) is 12.2 Å². The fraction of sp³-hybridized carbons (Fsp3) is 0.706. The van der Waals surface area contributed by atoms with Crippen LogP contribution >= 0.6 is 19.1 Å². The number of H-pyrrole nitrogens is 1. The third-order valence-electron chi connectivity index (χ3n) is 4.41. The second kappa shape index (κ2) is 8.95. The fourth-order valence-electron chi connectivity index (χ4n) is 2.92. The van der Waals surface area contributed by atoms with Crippen molar-refractivity contribution in [2.24, 2.45) is 0 Å². The molecule has 0 bridgehead atoms. The molecule has 0 aromatic carbocycles. The van der Waals surface area contributed by atoms with E-state index in [1.807, 2.05) is 6.92 Å². The van der Waals surface area contributed by atoms with Crippen LogP contribution in [0.3, 0.4) is 0 Å². The molecule has 1 fully saturated rings. The third kappa shape index (κ3) is 5.38. The number of aromatic amines is 1. The summed E-state index contributed by atoms with van der Waals surface area (Å²) in [5.74, 6) is 0. The number of aliphatic hydroxyl groups excluding tert-OH is 2. The lowest BCUT2D eigenvalue weighted by atomic mass is 10.1. The van der Waals surface area contributed by atoms with Crippen LogP contribution in [0.25, 0.3) is 0 Å². The number of rotatable bonds is 8. The molecule has 0 spiro atoms. The summed E-state index contributed by atoms with van der Waals surface area (Å²) in [5.41, 5.74) is 0.244. The van der Waals surface area contributed by atoms with Crippen molar-refractivity contribution in [3.63, 3.8) is 0 Å². The van der Waals surface area contributed by atoms with Gasteiger partial charge in [-0.15, -0.1) is 13.2 Å². The summed E-state index contributed by atoms with van der Waals surface area (Å²) in [6, 6.07) is 0. The first-order chi connectivity index (χ1) is 12.1. The maximum atomic E-state index is 12.1. The van der Waals surface area contributed by atoms with E-state index in [1.165, 1.54) is 4.57 Å². The zero-order valence-corrected chi connectivity index (χ0v) is 17.4. The van der Waals surface area contributed by atoms with E-state index in [4.69, 9.17) is 17.0 Å². The topological polar surface area (TPSA) is 99.5 Å². The van der Waals surface area contributed by atoms with Crippen molar-refractivity contribution in [1.82, 2.24) is 14.9 Å². The van der Waals surface area contributed by atoms with Crippen molar-refractivity contribution in [2.75, 3.05) is 26.0 Å². The van der Waals surface area contributed by atoms with Crippen LogP contribution in [0.2, 0.25) is 0 Å². The van der Waals surface area contributed by atoms with Gasteiger partial charge in [-0.3, -0.25) is 14.3 Å². The number of nitrogens with one attached hydrogen (secondary N) is 2. The van der Waals surface area contributed by atoms with E-state index in [-0.39, 0.29) is 10.3 Å². The Hall–Kier alpha value is -0.760. The minimum atomic E-state index is -1.25. The highest BCUT2D eigenvalue weighted by molar-refractivity contribution is 7.72. The quantitative estimate of drug-likeness (QED) is 0.295. The van der Waals surface area contributed by atoms with Gasteiger partial charge in [0.05, 0.1) is 6.10 Å². The molecule has 1 aliphatic heterocycles. The lowest BCUT2D eigenvalue weighted by Gasteiger charge is -2.20. The van der Waals surface area contributed by atoms with Crippen LogP contribution in [0.1, 0.15) is 31.6 Å². The number of nitrogens with zero attached hydrogens (tertiary/aromatic N) is 1. The lowest BCUT2D eigenvalue weighted by Crippen LogP contribution is -2.33. The minimum absolute atomic E-state index is 0.163. The molecule has 4 atom stereocenters. The average Bonchev–Trinajstić information content (AvgIpc) is 2.83. The van der Waals surface area contributed by atoms with E-state index in [2.05, 4.69) is 29.9 Å². The Kier molecular flexibility index (Phi) is 7.42. The summed E-state index contributed by atoms with van der Waals surface area (Å²) in [6.07, 6.45) is 4.80. The predicted molar refractivity (Wildman–Crippen MR) is 109 cm³/mol. The van der Waals surface area contributed by atoms with E-state index in [0.717, 1.165) is 19.1 Å². The van der Waals surface area contributed by atoms with Crippen LogP contribution in [-0.2, 0) is 11.3 Å². The molecule has 26 heavy (non-hydrogen) atoms. The van der Waals surface area contributed by atoms with Crippen molar-refractivity contribution < 1.29 is 14.9 Å². The number of ether oxygens (including phenoxy) is 1. The second-order valence-corrected chi connectivity index (χ2v) is 12.2. The standard InChI is InChI=1S/C17H30N3O4PS/c1-5-7-18-9-11-10-20(17(26)19-15(11)23)16-14(22)13(21)12(24-16)6-8-25(2,3)4/h10,12-14,16,18,21-22H,2,5-9H2,1,3-4H3,(H,19,23,26)/t12-,13-,14-,16?/m1/s1. The highest BCUT2D eigenvalue weighted by Gasteiger charge is 2.43. The molecule has 2 rings (SSSR count). The summed E-state index contributed by atoms with van der Waals surface area (Å²) in [5, 5.41) is 24.0. The van der Waals surface area contributed by atoms with Gasteiger partial charge in [-0.2, -0.15) is 0 Å². The molecule has 1 aromatic heterocycles. The summed E-state index contributed by atoms with van der Waals surface area (Å²) < 4.78 is 7.60. The van der Waals surface area contributed by atoms with E-state index in [0.29, 0.717) is 18.5 Å². The van der Waals surface area contributed by atoms with Crippen molar-refractivity contribution in [2.45, 2.75) is 50.8 Å². The first kappa shape index (κ1) is 21.5. The molecule has 7 nitrogen and oxygen atoms in total. The highest BCUT2D eigenvalue weighted by Crippen LogP contribution is 2.39. The molecule has 1 aliphatic rings. The fourth-order valence-corrected chi connectivity index (χ4v) is 4.12. The van der Waals surface area contributed by atoms with Crippen LogP contribution in [0.4, 0.5) is 0 Å². The Bertz CT molecular complexity index is 772. The van der Waals surface area contributed by atoms with E-state index in [9.17, 15) is 15.0 Å². The van der Waals surface area contributed by atoms with Crippen LogP contribution in [-0.4, -0.2) is 70.4 Å². The van der Waals surface area contributed by atoms with Crippen LogP contribution in [0.5, 0.6) is 0 Å². The predicted octanol–water partition coefficient (Wildman–Crippen LogP) is 1.12. The van der Waals surface area contributed by atoms with E-state index >= 15 is 0 Å². The zero-order valence-electron chi connectivity index (χ0n) is 15.6. The van der Waals surface area contributed by atoms with Crippen molar-refractivity contribution >= 4 is 25.4 Å². The van der Waals surface area contributed by atoms with Gasteiger partial charge in [0.25, 0.3) is 5.56 Å². The molecular formula is C17H30N3O4PS. The van der Waals surface area contributed by atoms with Gasteiger partial charge in [0.2, 0.25) is 0 Å². The minimum Gasteiger partial charge on any atom is -0.388 e. The molecule has 9 heteroatoms. The summed E-state index contributed by atoms with van der Waals surface area (Å²) >= 11 is 5.24. The molecule has 0 aliphatic carbocycles. The van der Waals surface area contributed by atoms with Crippen LogP contribution < -0.4 is 10.9 Å². The van der Waals surface area contributed by atoms with E-state index < -0.39 is 31.4 Å². The number of aromatic nitrogens is 2. The lowest BCUT2D eigenvalue weighted by molar-refractivity contribution is -0.0392. The van der Waals surface area contributed by atoms with Gasteiger partial charge < -0.3 is 20.3 Å². The number of aliphatic hydroxyl groups is 2. The highest BCUT2D eigenvalue weighted by atomic mass is 32.1. The van der Waals surface area contributed by atoms with Crippen LogP contribution in [0.15, 0.2) is 11.0 Å². The monoisotopic (exact) mass is 403 g/mol. The molecular weight excluding hydrogens is 373 g/mol. The molecule has 0 amide bonds.